The highest BCUT2D eigenvalue weighted by molar-refractivity contribution is 7.89. The number of hydrogen-bond acceptors (Lipinski definition) is 6. The molecule has 0 spiro atoms. The Labute approximate surface area is 147 Å². The van der Waals surface area contributed by atoms with Gasteiger partial charge in [-0.15, -0.1) is 11.3 Å². The number of benzene rings is 1. The topological polar surface area (TPSA) is 115 Å². The van der Waals surface area contributed by atoms with Crippen LogP contribution in [0.3, 0.4) is 0 Å². The van der Waals surface area contributed by atoms with Crippen molar-refractivity contribution in [3.63, 3.8) is 0 Å². The number of carbonyl (C=O) groups excluding carboxylic acids is 1. The van der Waals surface area contributed by atoms with Crippen molar-refractivity contribution in [3.05, 3.63) is 64.5 Å². The summed E-state index contributed by atoms with van der Waals surface area (Å²) in [5, 5.41) is 10.7. The minimum atomic E-state index is -3.73. The summed E-state index contributed by atoms with van der Waals surface area (Å²) in [7, 11) is -3.73. The van der Waals surface area contributed by atoms with Gasteiger partial charge >= 0.3 is 0 Å². The zero-order valence-corrected chi connectivity index (χ0v) is 14.4. The molecule has 0 unspecified atom stereocenters. The fourth-order valence-corrected chi connectivity index (χ4v) is 3.13. The number of carbonyl (C=O) groups is 1. The number of rotatable bonds is 5. The number of nitrogens with zero attached hydrogens (tertiary/aromatic N) is 1. The molecule has 9 heteroatoms. The van der Waals surface area contributed by atoms with Crippen LogP contribution in [0, 0.1) is 0 Å². The van der Waals surface area contributed by atoms with E-state index in [1.165, 1.54) is 29.7 Å². The second kappa shape index (κ2) is 7.01. The third kappa shape index (κ3) is 4.21. The fraction of sp³-hybridized carbons (Fsp3) is 0. The van der Waals surface area contributed by atoms with Crippen molar-refractivity contribution in [1.82, 2.24) is 5.43 Å². The van der Waals surface area contributed by atoms with Gasteiger partial charge in [0.15, 0.2) is 0 Å². The molecule has 0 saturated carbocycles. The molecule has 7 nitrogen and oxygen atoms in total. The highest BCUT2D eigenvalue weighted by Gasteiger charge is 2.09. The molecule has 2 aromatic heterocycles. The SMILES string of the molecule is NS(=O)(=O)c1ccc(-c2ccc(/C=N\NC(=O)c3cccs3)o2)cc1. The van der Waals surface area contributed by atoms with Gasteiger partial charge < -0.3 is 4.42 Å². The summed E-state index contributed by atoms with van der Waals surface area (Å²) in [5.74, 6) is 0.681. The van der Waals surface area contributed by atoms with E-state index in [2.05, 4.69) is 10.5 Å². The number of nitrogens with one attached hydrogen (secondary N) is 1. The number of amides is 1. The number of hydrogen-bond donors (Lipinski definition) is 2. The summed E-state index contributed by atoms with van der Waals surface area (Å²) in [6.45, 7) is 0. The molecule has 0 aliphatic rings. The van der Waals surface area contributed by atoms with Crippen LogP contribution >= 0.6 is 11.3 Å². The molecule has 2 heterocycles. The second-order valence-electron chi connectivity index (χ2n) is 4.95. The monoisotopic (exact) mass is 375 g/mol. The Morgan fingerprint density at radius 2 is 1.92 bits per heavy atom. The van der Waals surface area contributed by atoms with Crippen LogP contribution in [0.25, 0.3) is 11.3 Å². The zero-order chi connectivity index (χ0) is 17.9. The van der Waals surface area contributed by atoms with Crippen LogP contribution in [0.15, 0.2) is 68.3 Å². The molecule has 3 N–H and O–H groups in total. The first-order chi connectivity index (χ1) is 11.9. The van der Waals surface area contributed by atoms with Gasteiger partial charge in [-0.1, -0.05) is 6.07 Å². The molecule has 0 bridgehead atoms. The van der Waals surface area contributed by atoms with E-state index in [0.29, 0.717) is 22.0 Å². The van der Waals surface area contributed by atoms with Crippen LogP contribution in [-0.4, -0.2) is 20.5 Å². The summed E-state index contributed by atoms with van der Waals surface area (Å²) < 4.78 is 28.1. The predicted octanol–water partition coefficient (Wildman–Crippen LogP) is 2.42. The molecule has 3 rings (SSSR count). The van der Waals surface area contributed by atoms with Crippen LogP contribution in [0.2, 0.25) is 0 Å². The van der Waals surface area contributed by atoms with Crippen molar-refractivity contribution in [2.24, 2.45) is 10.2 Å². The lowest BCUT2D eigenvalue weighted by atomic mass is 10.2. The van der Waals surface area contributed by atoms with E-state index in [9.17, 15) is 13.2 Å². The van der Waals surface area contributed by atoms with Gasteiger partial charge in [0, 0.05) is 5.56 Å². The number of primary sulfonamides is 1. The number of sulfonamides is 1. The van der Waals surface area contributed by atoms with Gasteiger partial charge in [0.25, 0.3) is 5.91 Å². The summed E-state index contributed by atoms with van der Waals surface area (Å²) in [6, 6.07) is 12.9. The molecule has 0 fully saturated rings. The van der Waals surface area contributed by atoms with Crippen molar-refractivity contribution >= 4 is 33.5 Å². The van der Waals surface area contributed by atoms with Crippen molar-refractivity contribution in [2.75, 3.05) is 0 Å². The Bertz CT molecular complexity index is 1000. The maximum Gasteiger partial charge on any atom is 0.281 e. The molecule has 0 atom stereocenters. The molecule has 0 saturated heterocycles. The molecule has 0 aliphatic heterocycles. The molecule has 1 amide bonds. The normalized spacial score (nSPS) is 11.7. The van der Waals surface area contributed by atoms with Gasteiger partial charge in [-0.2, -0.15) is 5.10 Å². The maximum atomic E-state index is 11.7. The van der Waals surface area contributed by atoms with Crippen molar-refractivity contribution in [3.8, 4) is 11.3 Å². The van der Waals surface area contributed by atoms with Crippen LogP contribution in [-0.2, 0) is 10.0 Å². The lowest BCUT2D eigenvalue weighted by molar-refractivity contribution is 0.0959. The van der Waals surface area contributed by atoms with Crippen molar-refractivity contribution in [2.45, 2.75) is 4.90 Å². The standard InChI is InChI=1S/C16H13N3O4S2/c17-25(21,22)13-6-3-11(4-7-13)14-8-5-12(23-14)10-18-19-16(20)15-2-1-9-24-15/h1-10H,(H,19,20)(H2,17,21,22)/b18-10-. The number of furan rings is 1. The highest BCUT2D eigenvalue weighted by atomic mass is 32.2. The number of thiophene rings is 1. The van der Waals surface area contributed by atoms with Gasteiger partial charge in [-0.05, 0) is 47.8 Å². The third-order valence-electron chi connectivity index (χ3n) is 3.20. The first kappa shape index (κ1) is 17.1. The van der Waals surface area contributed by atoms with E-state index in [-0.39, 0.29) is 10.8 Å². The van der Waals surface area contributed by atoms with Gasteiger partial charge in [0.05, 0.1) is 16.0 Å². The third-order valence-corrected chi connectivity index (χ3v) is 4.99. The fourth-order valence-electron chi connectivity index (χ4n) is 2.00. The minimum Gasteiger partial charge on any atom is -0.455 e. The van der Waals surface area contributed by atoms with Crippen LogP contribution in [0.4, 0.5) is 0 Å². The quantitative estimate of drug-likeness (QED) is 0.526. The molecule has 128 valence electrons. The predicted molar refractivity (Wildman–Crippen MR) is 94.9 cm³/mol. The van der Waals surface area contributed by atoms with E-state index < -0.39 is 10.0 Å². The Balaban J connectivity index is 1.68. The van der Waals surface area contributed by atoms with Gasteiger partial charge in [-0.25, -0.2) is 19.0 Å². The van der Waals surface area contributed by atoms with E-state index in [1.807, 2.05) is 0 Å². The first-order valence-corrected chi connectivity index (χ1v) is 9.46. The lowest BCUT2D eigenvalue weighted by Crippen LogP contribution is -2.15. The molecule has 0 aliphatic carbocycles. The van der Waals surface area contributed by atoms with Gasteiger partial charge in [0.2, 0.25) is 10.0 Å². The van der Waals surface area contributed by atoms with E-state index >= 15 is 0 Å². The van der Waals surface area contributed by atoms with Crippen molar-refractivity contribution < 1.29 is 17.6 Å². The molecule has 3 aromatic rings. The Morgan fingerprint density at radius 1 is 1.16 bits per heavy atom. The lowest BCUT2D eigenvalue weighted by Gasteiger charge is -2.00. The number of hydrazone groups is 1. The average Bonchev–Trinajstić information content (AvgIpc) is 3.26. The Kier molecular flexibility index (Phi) is 4.79. The van der Waals surface area contributed by atoms with E-state index in [4.69, 9.17) is 9.56 Å². The Morgan fingerprint density at radius 3 is 2.56 bits per heavy atom. The summed E-state index contributed by atoms with van der Waals surface area (Å²) >= 11 is 1.32. The van der Waals surface area contributed by atoms with Crippen molar-refractivity contribution in [1.29, 1.82) is 0 Å². The molecular weight excluding hydrogens is 362 g/mol. The van der Waals surface area contributed by atoms with Gasteiger partial charge in [-0.3, -0.25) is 4.79 Å². The highest BCUT2D eigenvalue weighted by Crippen LogP contribution is 2.22. The summed E-state index contributed by atoms with van der Waals surface area (Å²) in [6.07, 6.45) is 1.38. The first-order valence-electron chi connectivity index (χ1n) is 7.03. The molecule has 25 heavy (non-hydrogen) atoms. The number of nitrogens with two attached hydrogens (primary N) is 1. The largest absolute Gasteiger partial charge is 0.455 e. The van der Waals surface area contributed by atoms with E-state index in [0.717, 1.165) is 0 Å². The Hall–Kier alpha value is -2.75. The maximum absolute atomic E-state index is 11.7. The molecule has 0 radical (unpaired) electrons. The van der Waals surface area contributed by atoms with Crippen LogP contribution in [0.1, 0.15) is 15.4 Å². The van der Waals surface area contributed by atoms with Gasteiger partial charge in [0.1, 0.15) is 11.5 Å². The molecular formula is C16H13N3O4S2. The summed E-state index contributed by atoms with van der Waals surface area (Å²) in [4.78, 5) is 12.3. The zero-order valence-electron chi connectivity index (χ0n) is 12.7. The van der Waals surface area contributed by atoms with Crippen LogP contribution in [0.5, 0.6) is 0 Å². The smallest absolute Gasteiger partial charge is 0.281 e. The summed E-state index contributed by atoms with van der Waals surface area (Å²) in [5.41, 5.74) is 3.10. The minimum absolute atomic E-state index is 0.0286. The second-order valence-corrected chi connectivity index (χ2v) is 7.46. The molecule has 1 aromatic carbocycles. The van der Waals surface area contributed by atoms with Crippen LogP contribution < -0.4 is 10.6 Å². The average molecular weight is 375 g/mol. The van der Waals surface area contributed by atoms with E-state index in [1.54, 1.807) is 41.8 Å².